The monoisotopic (exact) mass is 265 g/mol. The predicted molar refractivity (Wildman–Crippen MR) is 67.2 cm³/mol. The Morgan fingerprint density at radius 1 is 1.53 bits per heavy atom. The molecule has 2 amide bonds. The van der Waals surface area contributed by atoms with Gasteiger partial charge in [-0.25, -0.2) is 4.79 Å². The summed E-state index contributed by atoms with van der Waals surface area (Å²) < 4.78 is 0. The fourth-order valence-corrected chi connectivity index (χ4v) is 3.28. The van der Waals surface area contributed by atoms with Crippen LogP contribution in [0.1, 0.15) is 26.2 Å². The number of aliphatic carboxylic acids is 1. The van der Waals surface area contributed by atoms with Crippen molar-refractivity contribution in [3.05, 3.63) is 0 Å². The van der Waals surface area contributed by atoms with Gasteiger partial charge in [0.05, 0.1) is 17.9 Å². The molecular weight excluding hydrogens is 246 g/mol. The van der Waals surface area contributed by atoms with E-state index in [1.54, 1.807) is 18.9 Å². The van der Waals surface area contributed by atoms with Crippen LogP contribution in [-0.4, -0.2) is 52.6 Å². The number of rotatable bonds is 3. The lowest BCUT2D eigenvalue weighted by molar-refractivity contribution is -0.142. The zero-order chi connectivity index (χ0) is 14.2. The summed E-state index contributed by atoms with van der Waals surface area (Å²) in [4.78, 5) is 26.8. The smallest absolute Gasteiger partial charge is 0.320 e. The first-order chi connectivity index (χ1) is 8.95. The quantitative estimate of drug-likeness (QED) is 0.829. The summed E-state index contributed by atoms with van der Waals surface area (Å²) in [5.41, 5.74) is 0. The summed E-state index contributed by atoms with van der Waals surface area (Å²) in [6.07, 6.45) is 2.23. The van der Waals surface area contributed by atoms with Crippen molar-refractivity contribution in [3.8, 4) is 6.07 Å². The van der Waals surface area contributed by atoms with Gasteiger partial charge < -0.3 is 14.9 Å². The van der Waals surface area contributed by atoms with Gasteiger partial charge in [-0.05, 0) is 26.2 Å². The lowest BCUT2D eigenvalue weighted by Gasteiger charge is -2.29. The third kappa shape index (κ3) is 2.37. The molecule has 4 unspecified atom stereocenters. The van der Waals surface area contributed by atoms with E-state index in [1.165, 1.54) is 4.90 Å². The van der Waals surface area contributed by atoms with E-state index in [0.717, 1.165) is 12.8 Å². The lowest BCUT2D eigenvalue weighted by Crippen LogP contribution is -2.46. The van der Waals surface area contributed by atoms with E-state index >= 15 is 0 Å². The number of hydrogen-bond donors (Lipinski definition) is 1. The van der Waals surface area contributed by atoms with Gasteiger partial charge in [0.15, 0.2) is 0 Å². The Bertz CT molecular complexity index is 431. The van der Waals surface area contributed by atoms with Crippen LogP contribution in [0.2, 0.25) is 0 Å². The molecule has 0 spiro atoms. The molecule has 2 aliphatic rings. The molecule has 6 nitrogen and oxygen atoms in total. The first-order valence-electron chi connectivity index (χ1n) is 6.61. The third-order valence-corrected chi connectivity index (χ3v) is 4.17. The normalized spacial score (nSPS) is 29.9. The Kier molecular flexibility index (Phi) is 3.65. The van der Waals surface area contributed by atoms with Crippen LogP contribution >= 0.6 is 0 Å². The molecule has 0 radical (unpaired) electrons. The van der Waals surface area contributed by atoms with E-state index in [-0.39, 0.29) is 24.0 Å². The number of carboxylic acid groups (broad SMARTS) is 1. The van der Waals surface area contributed by atoms with Crippen molar-refractivity contribution in [3.63, 3.8) is 0 Å². The average molecular weight is 265 g/mol. The molecule has 104 valence electrons. The van der Waals surface area contributed by atoms with Crippen molar-refractivity contribution < 1.29 is 14.7 Å². The Balaban J connectivity index is 2.05. The molecule has 0 aromatic rings. The number of hydrogen-bond acceptors (Lipinski definition) is 3. The average Bonchev–Trinajstić information content (AvgIpc) is 2.94. The van der Waals surface area contributed by atoms with Crippen molar-refractivity contribution in [2.75, 3.05) is 13.6 Å². The van der Waals surface area contributed by atoms with Gasteiger partial charge in [0.25, 0.3) is 0 Å². The molecule has 0 aromatic heterocycles. The highest BCUT2D eigenvalue weighted by atomic mass is 16.4. The largest absolute Gasteiger partial charge is 0.481 e. The molecule has 2 bridgehead atoms. The van der Waals surface area contributed by atoms with Gasteiger partial charge in [-0.3, -0.25) is 4.79 Å². The predicted octanol–water partition coefficient (Wildman–Crippen LogP) is 1.14. The Morgan fingerprint density at radius 3 is 2.74 bits per heavy atom. The highest BCUT2D eigenvalue weighted by molar-refractivity contribution is 5.79. The van der Waals surface area contributed by atoms with Crippen LogP contribution in [-0.2, 0) is 4.79 Å². The number of nitriles is 1. The summed E-state index contributed by atoms with van der Waals surface area (Å²) in [6.45, 7) is 2.14. The number of carbonyl (C=O) groups excluding carboxylic acids is 1. The number of fused-ring (bicyclic) bond motifs is 2. The Morgan fingerprint density at radius 2 is 2.21 bits per heavy atom. The number of carboxylic acids is 1. The maximum atomic E-state index is 12.4. The second-order valence-corrected chi connectivity index (χ2v) is 5.58. The van der Waals surface area contributed by atoms with Gasteiger partial charge in [0.2, 0.25) is 0 Å². The highest BCUT2D eigenvalue weighted by Crippen LogP contribution is 2.42. The molecule has 2 aliphatic heterocycles. The van der Waals surface area contributed by atoms with Gasteiger partial charge in [0.1, 0.15) is 0 Å². The summed E-state index contributed by atoms with van der Waals surface area (Å²) in [5, 5.41) is 17.9. The maximum absolute atomic E-state index is 12.4. The van der Waals surface area contributed by atoms with Crippen molar-refractivity contribution in [2.45, 2.75) is 38.3 Å². The van der Waals surface area contributed by atoms with Crippen LogP contribution < -0.4 is 0 Å². The van der Waals surface area contributed by atoms with E-state index in [4.69, 9.17) is 10.4 Å². The zero-order valence-corrected chi connectivity index (χ0v) is 11.2. The molecule has 0 saturated carbocycles. The zero-order valence-electron chi connectivity index (χ0n) is 11.2. The van der Waals surface area contributed by atoms with E-state index in [9.17, 15) is 9.59 Å². The molecule has 2 fully saturated rings. The second kappa shape index (κ2) is 5.08. The van der Waals surface area contributed by atoms with E-state index < -0.39 is 11.9 Å². The van der Waals surface area contributed by atoms with E-state index in [1.807, 2.05) is 0 Å². The second-order valence-electron chi connectivity index (χ2n) is 5.58. The highest BCUT2D eigenvalue weighted by Gasteiger charge is 2.51. The van der Waals surface area contributed by atoms with Crippen LogP contribution in [0, 0.1) is 23.2 Å². The summed E-state index contributed by atoms with van der Waals surface area (Å²) >= 11 is 0. The minimum Gasteiger partial charge on any atom is -0.481 e. The Labute approximate surface area is 112 Å². The maximum Gasteiger partial charge on any atom is 0.320 e. The first kappa shape index (κ1) is 13.7. The lowest BCUT2D eigenvalue weighted by atomic mass is 9.89. The molecule has 0 aliphatic carbocycles. The molecule has 2 heterocycles. The van der Waals surface area contributed by atoms with Crippen LogP contribution in [0.4, 0.5) is 4.79 Å². The number of nitrogens with zero attached hydrogens (tertiary/aromatic N) is 3. The standard InChI is InChI=1S/C13H19N3O3/c1-8(6-14)7-15(2)13(19)16-9-3-4-11(16)10(5-9)12(17)18/h8-11H,3-5,7H2,1-2H3,(H,17,18). The molecule has 1 N–H and O–H groups in total. The van der Waals surface area contributed by atoms with Gasteiger partial charge in [-0.1, -0.05) is 0 Å². The summed E-state index contributed by atoms with van der Waals surface area (Å²) in [6, 6.07) is 1.84. The molecular formula is C13H19N3O3. The van der Waals surface area contributed by atoms with Crippen LogP contribution in [0.5, 0.6) is 0 Å². The van der Waals surface area contributed by atoms with Crippen molar-refractivity contribution in [1.82, 2.24) is 9.80 Å². The van der Waals surface area contributed by atoms with Crippen LogP contribution in [0.3, 0.4) is 0 Å². The molecule has 2 rings (SSSR count). The topological polar surface area (TPSA) is 84.6 Å². The van der Waals surface area contributed by atoms with Crippen molar-refractivity contribution in [2.24, 2.45) is 11.8 Å². The fraction of sp³-hybridized carbons (Fsp3) is 0.769. The first-order valence-corrected chi connectivity index (χ1v) is 6.61. The van der Waals surface area contributed by atoms with E-state index in [0.29, 0.717) is 13.0 Å². The molecule has 4 atom stereocenters. The van der Waals surface area contributed by atoms with Crippen LogP contribution in [0.15, 0.2) is 0 Å². The van der Waals surface area contributed by atoms with Gasteiger partial charge >= 0.3 is 12.0 Å². The molecule has 2 saturated heterocycles. The number of amides is 2. The SMILES string of the molecule is CC(C#N)CN(C)C(=O)N1C2CCC1C(C(=O)O)C2. The summed E-state index contributed by atoms with van der Waals surface area (Å²) in [7, 11) is 1.67. The minimum atomic E-state index is -0.807. The van der Waals surface area contributed by atoms with Gasteiger partial charge in [-0.2, -0.15) is 5.26 Å². The molecule has 19 heavy (non-hydrogen) atoms. The fourth-order valence-electron chi connectivity index (χ4n) is 3.28. The molecule has 0 aromatic carbocycles. The van der Waals surface area contributed by atoms with Crippen molar-refractivity contribution >= 4 is 12.0 Å². The third-order valence-electron chi connectivity index (χ3n) is 4.17. The minimum absolute atomic E-state index is 0.0541. The number of carbonyl (C=O) groups is 2. The Hall–Kier alpha value is -1.77. The van der Waals surface area contributed by atoms with Gasteiger partial charge in [-0.15, -0.1) is 0 Å². The van der Waals surface area contributed by atoms with Gasteiger partial charge in [0, 0.05) is 25.7 Å². The molecule has 6 heteroatoms. The van der Waals surface area contributed by atoms with Crippen LogP contribution in [0.25, 0.3) is 0 Å². The van der Waals surface area contributed by atoms with Crippen molar-refractivity contribution in [1.29, 1.82) is 5.26 Å². The van der Waals surface area contributed by atoms with E-state index in [2.05, 4.69) is 6.07 Å². The summed E-state index contributed by atoms with van der Waals surface area (Å²) in [5.74, 6) is -1.45. The number of urea groups is 1.